The van der Waals surface area contributed by atoms with Crippen molar-refractivity contribution in [2.75, 3.05) is 0 Å². The van der Waals surface area contributed by atoms with Gasteiger partial charge < -0.3 is 4.57 Å². The molecule has 3 heteroatoms. The number of terminal acetylenes is 1. The van der Waals surface area contributed by atoms with Gasteiger partial charge in [-0.15, -0.1) is 6.42 Å². The minimum atomic E-state index is 0.609. The van der Waals surface area contributed by atoms with Gasteiger partial charge in [-0.1, -0.05) is 17.5 Å². The second kappa shape index (κ2) is 3.26. The number of nitrogens with zero attached hydrogens (tertiary/aromatic N) is 2. The van der Waals surface area contributed by atoms with Gasteiger partial charge in [0.15, 0.2) is 0 Å². The lowest BCUT2D eigenvalue weighted by Gasteiger charge is -2.04. The van der Waals surface area contributed by atoms with Gasteiger partial charge in [-0.25, -0.2) is 4.98 Å². The zero-order valence-electron chi connectivity index (χ0n) is 9.00. The second-order valence-electron chi connectivity index (χ2n) is 4.23. The number of rotatable bonds is 1. The van der Waals surface area contributed by atoms with E-state index in [1.54, 1.807) is 0 Å². The molecule has 1 aromatic carbocycles. The SMILES string of the molecule is C#Cc1cc2nc(C)n(C3CC3)c2cc1Cl. The summed E-state index contributed by atoms with van der Waals surface area (Å²) in [5.41, 5.74) is 2.76. The van der Waals surface area contributed by atoms with Crippen LogP contribution in [-0.2, 0) is 0 Å². The normalized spacial score (nSPS) is 15.3. The maximum absolute atomic E-state index is 6.13. The Bertz CT molecular complexity index is 615. The Morgan fingerprint density at radius 2 is 2.25 bits per heavy atom. The van der Waals surface area contributed by atoms with E-state index in [0.717, 1.165) is 22.4 Å². The fraction of sp³-hybridized carbons (Fsp3) is 0.308. The fourth-order valence-electron chi connectivity index (χ4n) is 2.14. The summed E-state index contributed by atoms with van der Waals surface area (Å²) < 4.78 is 2.27. The first kappa shape index (κ1) is 9.74. The van der Waals surface area contributed by atoms with Crippen molar-refractivity contribution >= 4 is 22.6 Å². The predicted octanol–water partition coefficient (Wildman–Crippen LogP) is 3.31. The van der Waals surface area contributed by atoms with E-state index < -0.39 is 0 Å². The molecule has 16 heavy (non-hydrogen) atoms. The number of aromatic nitrogens is 2. The standard InChI is InChI=1S/C13H11ClN2/c1-3-9-6-12-13(7-11(9)14)16(8(2)15-12)10-4-5-10/h1,6-7,10H,4-5H2,2H3. The van der Waals surface area contributed by atoms with Crippen LogP contribution < -0.4 is 0 Å². The summed E-state index contributed by atoms with van der Waals surface area (Å²) >= 11 is 6.13. The summed E-state index contributed by atoms with van der Waals surface area (Å²) in [6.07, 6.45) is 7.86. The highest BCUT2D eigenvalue weighted by atomic mass is 35.5. The van der Waals surface area contributed by atoms with Crippen molar-refractivity contribution < 1.29 is 0 Å². The van der Waals surface area contributed by atoms with Crippen LogP contribution in [-0.4, -0.2) is 9.55 Å². The molecule has 0 aliphatic heterocycles. The van der Waals surface area contributed by atoms with Crippen molar-refractivity contribution in [3.05, 3.63) is 28.5 Å². The largest absolute Gasteiger partial charge is 0.325 e. The molecular weight excluding hydrogens is 220 g/mol. The zero-order chi connectivity index (χ0) is 11.3. The van der Waals surface area contributed by atoms with Gasteiger partial charge in [0.25, 0.3) is 0 Å². The van der Waals surface area contributed by atoms with E-state index in [1.165, 1.54) is 12.8 Å². The Morgan fingerprint density at radius 1 is 1.50 bits per heavy atom. The van der Waals surface area contributed by atoms with Crippen molar-refractivity contribution in [2.24, 2.45) is 0 Å². The molecule has 0 spiro atoms. The Balaban J connectivity index is 2.33. The molecule has 0 saturated heterocycles. The molecule has 80 valence electrons. The lowest BCUT2D eigenvalue weighted by atomic mass is 10.2. The van der Waals surface area contributed by atoms with Gasteiger partial charge in [0.1, 0.15) is 5.82 Å². The monoisotopic (exact) mass is 230 g/mol. The third kappa shape index (κ3) is 1.32. The summed E-state index contributed by atoms with van der Waals surface area (Å²) in [5.74, 6) is 3.62. The van der Waals surface area contributed by atoms with Crippen LogP contribution in [0.15, 0.2) is 12.1 Å². The van der Waals surface area contributed by atoms with Crippen molar-refractivity contribution in [3.63, 3.8) is 0 Å². The maximum atomic E-state index is 6.13. The second-order valence-corrected chi connectivity index (χ2v) is 4.63. The van der Waals surface area contributed by atoms with Gasteiger partial charge in [-0.3, -0.25) is 0 Å². The number of hydrogen-bond donors (Lipinski definition) is 0. The Kier molecular flexibility index (Phi) is 1.99. The van der Waals surface area contributed by atoms with E-state index in [0.29, 0.717) is 11.1 Å². The molecule has 0 atom stereocenters. The van der Waals surface area contributed by atoms with E-state index in [4.69, 9.17) is 18.0 Å². The van der Waals surface area contributed by atoms with Crippen LogP contribution in [0.25, 0.3) is 11.0 Å². The molecule has 1 saturated carbocycles. The van der Waals surface area contributed by atoms with Crippen LogP contribution in [0.1, 0.15) is 30.3 Å². The third-order valence-electron chi connectivity index (χ3n) is 3.02. The molecule has 0 amide bonds. The van der Waals surface area contributed by atoms with Crippen LogP contribution in [0, 0.1) is 19.3 Å². The van der Waals surface area contributed by atoms with Crippen molar-refractivity contribution in [3.8, 4) is 12.3 Å². The summed E-state index contributed by atoms with van der Waals surface area (Å²) in [5, 5.41) is 0.636. The molecular formula is C13H11ClN2. The number of hydrogen-bond acceptors (Lipinski definition) is 1. The molecule has 2 aromatic rings. The average Bonchev–Trinajstić information content (AvgIpc) is 3.02. The first-order valence-electron chi connectivity index (χ1n) is 5.35. The fourth-order valence-corrected chi connectivity index (χ4v) is 2.35. The highest BCUT2D eigenvalue weighted by Crippen LogP contribution is 2.39. The van der Waals surface area contributed by atoms with Gasteiger partial charge in [0.2, 0.25) is 0 Å². The van der Waals surface area contributed by atoms with Crippen LogP contribution in [0.2, 0.25) is 5.02 Å². The van der Waals surface area contributed by atoms with Crippen LogP contribution in [0.5, 0.6) is 0 Å². The number of fused-ring (bicyclic) bond motifs is 1. The molecule has 1 aliphatic rings. The van der Waals surface area contributed by atoms with Crippen LogP contribution in [0.4, 0.5) is 0 Å². The van der Waals surface area contributed by atoms with Crippen molar-refractivity contribution in [1.82, 2.24) is 9.55 Å². The number of imidazole rings is 1. The zero-order valence-corrected chi connectivity index (χ0v) is 9.75. The molecule has 1 aliphatic carbocycles. The lowest BCUT2D eigenvalue weighted by Crippen LogP contribution is -1.96. The smallest absolute Gasteiger partial charge is 0.106 e. The van der Waals surface area contributed by atoms with Crippen LogP contribution in [0.3, 0.4) is 0 Å². The topological polar surface area (TPSA) is 17.8 Å². The molecule has 1 fully saturated rings. The quantitative estimate of drug-likeness (QED) is 0.688. The third-order valence-corrected chi connectivity index (χ3v) is 3.33. The summed E-state index contributed by atoms with van der Waals surface area (Å²) in [6.45, 7) is 2.03. The van der Waals surface area contributed by atoms with Crippen LogP contribution >= 0.6 is 11.6 Å². The average molecular weight is 231 g/mol. The van der Waals surface area contributed by atoms with Crippen molar-refractivity contribution in [2.45, 2.75) is 25.8 Å². The van der Waals surface area contributed by atoms with E-state index in [2.05, 4.69) is 15.5 Å². The molecule has 0 unspecified atom stereocenters. The predicted molar refractivity (Wildman–Crippen MR) is 65.7 cm³/mol. The minimum absolute atomic E-state index is 0.609. The molecule has 2 nitrogen and oxygen atoms in total. The van der Waals surface area contributed by atoms with E-state index >= 15 is 0 Å². The van der Waals surface area contributed by atoms with Gasteiger partial charge >= 0.3 is 0 Å². The highest BCUT2D eigenvalue weighted by Gasteiger charge is 2.27. The van der Waals surface area contributed by atoms with Gasteiger partial charge in [0.05, 0.1) is 16.1 Å². The van der Waals surface area contributed by atoms with E-state index in [-0.39, 0.29) is 0 Å². The minimum Gasteiger partial charge on any atom is -0.325 e. The van der Waals surface area contributed by atoms with E-state index in [9.17, 15) is 0 Å². The molecule has 1 aromatic heterocycles. The molecule has 0 N–H and O–H groups in total. The first-order chi connectivity index (χ1) is 7.70. The Morgan fingerprint density at radius 3 is 2.88 bits per heavy atom. The summed E-state index contributed by atoms with van der Waals surface area (Å²) in [4.78, 5) is 4.53. The number of benzene rings is 1. The van der Waals surface area contributed by atoms with Gasteiger partial charge in [-0.2, -0.15) is 0 Å². The molecule has 0 radical (unpaired) electrons. The van der Waals surface area contributed by atoms with Gasteiger partial charge in [0, 0.05) is 11.6 Å². The highest BCUT2D eigenvalue weighted by molar-refractivity contribution is 6.32. The van der Waals surface area contributed by atoms with Gasteiger partial charge in [-0.05, 0) is 31.9 Å². The number of halogens is 1. The van der Waals surface area contributed by atoms with Crippen molar-refractivity contribution in [1.29, 1.82) is 0 Å². The number of aryl methyl sites for hydroxylation is 1. The molecule has 3 rings (SSSR count). The maximum Gasteiger partial charge on any atom is 0.106 e. The Hall–Kier alpha value is -1.46. The summed E-state index contributed by atoms with van der Waals surface area (Å²) in [7, 11) is 0. The van der Waals surface area contributed by atoms with E-state index in [1.807, 2.05) is 19.1 Å². The summed E-state index contributed by atoms with van der Waals surface area (Å²) in [6, 6.07) is 4.44. The lowest BCUT2D eigenvalue weighted by molar-refractivity contribution is 0.734. The first-order valence-corrected chi connectivity index (χ1v) is 5.73. The molecule has 0 bridgehead atoms. The molecule has 1 heterocycles. The Labute approximate surface area is 99.2 Å².